The number of pyridine rings is 1. The summed E-state index contributed by atoms with van der Waals surface area (Å²) in [6.45, 7) is 3.36. The third kappa shape index (κ3) is 2.07. The Kier molecular flexibility index (Phi) is 2.92. The van der Waals surface area contributed by atoms with E-state index in [1.165, 1.54) is 0 Å². The molecule has 0 bridgehead atoms. The van der Waals surface area contributed by atoms with Crippen LogP contribution in [0, 0.1) is 6.92 Å². The molecule has 1 aromatic heterocycles. The van der Waals surface area contributed by atoms with Gasteiger partial charge in [-0.25, -0.2) is 4.98 Å². The molecule has 0 spiro atoms. The number of carbonyl (C=O) groups excluding carboxylic acids is 1. The van der Waals surface area contributed by atoms with Gasteiger partial charge in [-0.05, 0) is 18.6 Å². The molecule has 0 amide bonds. The molecule has 86 valence electrons. The van der Waals surface area contributed by atoms with Crippen LogP contribution in [0.2, 0.25) is 0 Å². The standard InChI is InChI=1S/C12H16N2O2/c1-10-3-2-6-13-11(10)14-7-4-12(16,9-15)5-8-14/h2-3,6,9,16H,4-5,7-8H2,1H3. The molecule has 1 aromatic rings. The minimum Gasteiger partial charge on any atom is -0.382 e. The van der Waals surface area contributed by atoms with Crippen molar-refractivity contribution in [2.24, 2.45) is 0 Å². The first-order valence-electron chi connectivity index (χ1n) is 5.50. The molecule has 0 aromatic carbocycles. The topological polar surface area (TPSA) is 53.4 Å². The molecule has 4 nitrogen and oxygen atoms in total. The number of aryl methyl sites for hydroxylation is 1. The van der Waals surface area contributed by atoms with Gasteiger partial charge in [-0.15, -0.1) is 0 Å². The van der Waals surface area contributed by atoms with Gasteiger partial charge in [-0.3, -0.25) is 0 Å². The maximum absolute atomic E-state index is 10.7. The molecular formula is C12H16N2O2. The smallest absolute Gasteiger partial charge is 0.151 e. The van der Waals surface area contributed by atoms with E-state index in [2.05, 4.69) is 9.88 Å². The van der Waals surface area contributed by atoms with Crippen LogP contribution < -0.4 is 4.90 Å². The Morgan fingerprint density at radius 1 is 1.50 bits per heavy atom. The summed E-state index contributed by atoms with van der Waals surface area (Å²) in [6, 6.07) is 3.92. The molecule has 4 heteroatoms. The zero-order chi connectivity index (χ0) is 11.6. The van der Waals surface area contributed by atoms with Gasteiger partial charge < -0.3 is 14.8 Å². The summed E-state index contributed by atoms with van der Waals surface area (Å²) in [5.41, 5.74) is -0.00169. The zero-order valence-corrected chi connectivity index (χ0v) is 9.39. The van der Waals surface area contributed by atoms with Gasteiger partial charge in [0.25, 0.3) is 0 Å². The van der Waals surface area contributed by atoms with Gasteiger partial charge in [0.05, 0.1) is 0 Å². The molecule has 2 rings (SSSR count). The van der Waals surface area contributed by atoms with Crippen LogP contribution >= 0.6 is 0 Å². The van der Waals surface area contributed by atoms with Gasteiger partial charge in [-0.2, -0.15) is 0 Å². The van der Waals surface area contributed by atoms with Crippen molar-refractivity contribution in [1.29, 1.82) is 0 Å². The number of hydrogen-bond donors (Lipinski definition) is 1. The van der Waals surface area contributed by atoms with E-state index in [0.717, 1.165) is 11.4 Å². The van der Waals surface area contributed by atoms with E-state index in [0.29, 0.717) is 32.2 Å². The van der Waals surface area contributed by atoms with E-state index in [-0.39, 0.29) is 0 Å². The summed E-state index contributed by atoms with van der Waals surface area (Å²) >= 11 is 0. The third-order valence-electron chi connectivity index (χ3n) is 3.13. The molecule has 1 aliphatic heterocycles. The van der Waals surface area contributed by atoms with E-state index in [9.17, 15) is 9.90 Å². The fourth-order valence-electron chi connectivity index (χ4n) is 2.03. The van der Waals surface area contributed by atoms with Crippen molar-refractivity contribution in [3.05, 3.63) is 23.9 Å². The first-order chi connectivity index (χ1) is 7.64. The zero-order valence-electron chi connectivity index (χ0n) is 9.39. The van der Waals surface area contributed by atoms with Crippen LogP contribution in [0.5, 0.6) is 0 Å². The Morgan fingerprint density at radius 3 is 2.75 bits per heavy atom. The summed E-state index contributed by atoms with van der Waals surface area (Å²) in [6.07, 6.45) is 3.39. The Balaban J connectivity index is 2.10. The van der Waals surface area contributed by atoms with Crippen LogP contribution in [0.15, 0.2) is 18.3 Å². The average molecular weight is 220 g/mol. The third-order valence-corrected chi connectivity index (χ3v) is 3.13. The molecule has 16 heavy (non-hydrogen) atoms. The molecule has 0 aliphatic carbocycles. The first-order valence-corrected chi connectivity index (χ1v) is 5.50. The monoisotopic (exact) mass is 220 g/mol. The second-order valence-electron chi connectivity index (χ2n) is 4.35. The number of carbonyl (C=O) groups is 1. The number of aromatic nitrogens is 1. The van der Waals surface area contributed by atoms with Crippen LogP contribution in [-0.4, -0.2) is 35.1 Å². The molecule has 1 aliphatic rings. The summed E-state index contributed by atoms with van der Waals surface area (Å²) < 4.78 is 0. The van der Waals surface area contributed by atoms with Crippen molar-refractivity contribution >= 4 is 12.1 Å². The van der Waals surface area contributed by atoms with Crippen LogP contribution in [0.25, 0.3) is 0 Å². The second-order valence-corrected chi connectivity index (χ2v) is 4.35. The van der Waals surface area contributed by atoms with E-state index < -0.39 is 5.60 Å². The Labute approximate surface area is 94.9 Å². The lowest BCUT2D eigenvalue weighted by molar-refractivity contribution is -0.125. The number of aliphatic hydroxyl groups is 1. The van der Waals surface area contributed by atoms with Crippen molar-refractivity contribution < 1.29 is 9.90 Å². The quantitative estimate of drug-likeness (QED) is 0.753. The lowest BCUT2D eigenvalue weighted by atomic mass is 9.93. The van der Waals surface area contributed by atoms with Gasteiger partial charge in [0, 0.05) is 32.1 Å². The highest BCUT2D eigenvalue weighted by atomic mass is 16.3. The minimum absolute atomic E-state index is 0.479. The van der Waals surface area contributed by atoms with E-state index in [1.54, 1.807) is 6.20 Å². The maximum Gasteiger partial charge on any atom is 0.151 e. The SMILES string of the molecule is Cc1cccnc1N1CCC(O)(C=O)CC1. The van der Waals surface area contributed by atoms with Gasteiger partial charge >= 0.3 is 0 Å². The number of anilines is 1. The molecule has 1 fully saturated rings. The lowest BCUT2D eigenvalue weighted by Gasteiger charge is -2.35. The molecular weight excluding hydrogens is 204 g/mol. The van der Waals surface area contributed by atoms with Crippen LogP contribution in [-0.2, 0) is 4.79 Å². The van der Waals surface area contributed by atoms with Crippen molar-refractivity contribution in [2.45, 2.75) is 25.4 Å². The highest BCUT2D eigenvalue weighted by Crippen LogP contribution is 2.25. The van der Waals surface area contributed by atoms with E-state index in [4.69, 9.17) is 0 Å². The van der Waals surface area contributed by atoms with Gasteiger partial charge in [0.1, 0.15) is 11.4 Å². The first kappa shape index (κ1) is 11.1. The summed E-state index contributed by atoms with van der Waals surface area (Å²) in [5, 5.41) is 9.80. The Hall–Kier alpha value is -1.42. The van der Waals surface area contributed by atoms with Crippen molar-refractivity contribution in [3.8, 4) is 0 Å². The molecule has 0 radical (unpaired) electrons. The maximum atomic E-state index is 10.7. The molecule has 2 heterocycles. The molecule has 0 atom stereocenters. The number of piperidine rings is 1. The molecule has 0 saturated carbocycles. The van der Waals surface area contributed by atoms with Crippen LogP contribution in [0.1, 0.15) is 18.4 Å². The second kappa shape index (κ2) is 4.22. The summed E-state index contributed by atoms with van der Waals surface area (Å²) in [7, 11) is 0. The number of rotatable bonds is 2. The van der Waals surface area contributed by atoms with Crippen molar-refractivity contribution in [2.75, 3.05) is 18.0 Å². The molecule has 0 unspecified atom stereocenters. The minimum atomic E-state index is -1.13. The van der Waals surface area contributed by atoms with Crippen LogP contribution in [0.4, 0.5) is 5.82 Å². The van der Waals surface area contributed by atoms with Gasteiger partial charge in [0.2, 0.25) is 0 Å². The summed E-state index contributed by atoms with van der Waals surface area (Å²) in [5.74, 6) is 0.954. The Morgan fingerprint density at radius 2 is 2.19 bits per heavy atom. The number of nitrogens with zero attached hydrogens (tertiary/aromatic N) is 2. The molecule has 1 N–H and O–H groups in total. The average Bonchev–Trinajstić information content (AvgIpc) is 2.31. The predicted molar refractivity (Wildman–Crippen MR) is 61.4 cm³/mol. The highest BCUT2D eigenvalue weighted by Gasteiger charge is 2.32. The largest absolute Gasteiger partial charge is 0.382 e. The van der Waals surface area contributed by atoms with Crippen molar-refractivity contribution in [3.63, 3.8) is 0 Å². The van der Waals surface area contributed by atoms with E-state index in [1.807, 2.05) is 19.1 Å². The number of hydrogen-bond acceptors (Lipinski definition) is 4. The fourth-order valence-corrected chi connectivity index (χ4v) is 2.03. The fraction of sp³-hybridized carbons (Fsp3) is 0.500. The number of aldehydes is 1. The highest BCUT2D eigenvalue weighted by molar-refractivity contribution is 5.63. The van der Waals surface area contributed by atoms with Gasteiger partial charge in [0.15, 0.2) is 6.29 Å². The predicted octanol–water partition coefficient (Wildman–Crippen LogP) is 0.920. The molecule has 1 saturated heterocycles. The summed E-state index contributed by atoms with van der Waals surface area (Å²) in [4.78, 5) is 17.2. The van der Waals surface area contributed by atoms with Gasteiger partial charge in [-0.1, -0.05) is 6.07 Å². The van der Waals surface area contributed by atoms with Crippen molar-refractivity contribution in [1.82, 2.24) is 4.98 Å². The Bertz CT molecular complexity index is 384. The van der Waals surface area contributed by atoms with Crippen LogP contribution in [0.3, 0.4) is 0 Å². The lowest BCUT2D eigenvalue weighted by Crippen LogP contribution is -2.45. The normalized spacial score (nSPS) is 19.5. The van der Waals surface area contributed by atoms with E-state index >= 15 is 0 Å².